The van der Waals surface area contributed by atoms with Crippen molar-refractivity contribution in [2.75, 3.05) is 13.7 Å². The summed E-state index contributed by atoms with van der Waals surface area (Å²) in [6.45, 7) is 0.464. The molecule has 2 N–H and O–H groups in total. The van der Waals surface area contributed by atoms with Crippen molar-refractivity contribution in [3.63, 3.8) is 0 Å². The van der Waals surface area contributed by atoms with E-state index in [2.05, 4.69) is 5.32 Å². The van der Waals surface area contributed by atoms with Gasteiger partial charge >= 0.3 is 5.97 Å². The van der Waals surface area contributed by atoms with Crippen molar-refractivity contribution < 1.29 is 19.4 Å². The van der Waals surface area contributed by atoms with E-state index in [4.69, 9.17) is 9.84 Å². The lowest BCUT2D eigenvalue weighted by atomic mass is 10.1. The van der Waals surface area contributed by atoms with Crippen LogP contribution in [0.1, 0.15) is 25.7 Å². The van der Waals surface area contributed by atoms with Gasteiger partial charge in [-0.2, -0.15) is 0 Å². The highest BCUT2D eigenvalue weighted by molar-refractivity contribution is 6.04. The van der Waals surface area contributed by atoms with Crippen LogP contribution in [-0.4, -0.2) is 36.7 Å². The Morgan fingerprint density at radius 2 is 2.12 bits per heavy atom. The summed E-state index contributed by atoms with van der Waals surface area (Å²) in [5, 5.41) is 11.8. The number of ether oxygens (including phenoxy) is 1. The minimum absolute atomic E-state index is 0.0191. The predicted molar refractivity (Wildman–Crippen MR) is 55.8 cm³/mol. The van der Waals surface area contributed by atoms with Gasteiger partial charge in [-0.1, -0.05) is 0 Å². The molecule has 2 saturated carbocycles. The Morgan fingerprint density at radius 1 is 1.50 bits per heavy atom. The van der Waals surface area contributed by atoms with Gasteiger partial charge in [-0.05, 0) is 31.6 Å². The third kappa shape index (κ3) is 2.04. The minimum atomic E-state index is -1.14. The zero-order valence-corrected chi connectivity index (χ0v) is 9.36. The van der Waals surface area contributed by atoms with Gasteiger partial charge in [0.1, 0.15) is 5.41 Å². The Balaban J connectivity index is 1.92. The zero-order chi connectivity index (χ0) is 11.8. The molecule has 0 aromatic carbocycles. The Kier molecular flexibility index (Phi) is 2.88. The highest BCUT2D eigenvalue weighted by atomic mass is 16.5. The maximum atomic E-state index is 11.8. The minimum Gasteiger partial charge on any atom is -0.480 e. The molecule has 1 atom stereocenters. The normalized spacial score (nSPS) is 23.6. The summed E-state index contributed by atoms with van der Waals surface area (Å²) in [7, 11) is 1.59. The molecular formula is C11H17NO4. The molecule has 0 aromatic heterocycles. The highest BCUT2D eigenvalue weighted by Crippen LogP contribution is 2.46. The molecule has 5 nitrogen and oxygen atoms in total. The van der Waals surface area contributed by atoms with Gasteiger partial charge in [-0.3, -0.25) is 9.59 Å². The van der Waals surface area contributed by atoms with Crippen LogP contribution in [0.15, 0.2) is 0 Å². The van der Waals surface area contributed by atoms with Gasteiger partial charge in [0.2, 0.25) is 5.91 Å². The molecule has 0 aromatic rings. The van der Waals surface area contributed by atoms with Crippen LogP contribution in [0.2, 0.25) is 0 Å². The first kappa shape index (κ1) is 11.4. The quantitative estimate of drug-likeness (QED) is 0.644. The van der Waals surface area contributed by atoms with E-state index in [-0.39, 0.29) is 11.9 Å². The van der Waals surface area contributed by atoms with Crippen molar-refractivity contribution in [1.29, 1.82) is 0 Å². The summed E-state index contributed by atoms with van der Waals surface area (Å²) >= 11 is 0. The maximum absolute atomic E-state index is 11.8. The molecule has 0 saturated heterocycles. The van der Waals surface area contributed by atoms with Crippen molar-refractivity contribution in [2.45, 2.75) is 31.7 Å². The van der Waals surface area contributed by atoms with Gasteiger partial charge in [0, 0.05) is 7.11 Å². The molecule has 1 unspecified atom stereocenters. The van der Waals surface area contributed by atoms with Crippen LogP contribution >= 0.6 is 0 Å². The summed E-state index contributed by atoms with van der Waals surface area (Å²) in [6, 6.07) is -0.0191. The van der Waals surface area contributed by atoms with Crippen LogP contribution in [0.4, 0.5) is 0 Å². The summed E-state index contributed by atoms with van der Waals surface area (Å²) in [5.41, 5.74) is -1.14. The Morgan fingerprint density at radius 3 is 2.50 bits per heavy atom. The Bertz CT molecular complexity index is 307. The monoisotopic (exact) mass is 227 g/mol. The first-order chi connectivity index (χ1) is 7.60. The molecule has 90 valence electrons. The Labute approximate surface area is 94.2 Å². The lowest BCUT2D eigenvalue weighted by Crippen LogP contribution is -2.45. The van der Waals surface area contributed by atoms with Crippen molar-refractivity contribution >= 4 is 11.9 Å². The third-order valence-electron chi connectivity index (χ3n) is 3.45. The molecule has 0 radical (unpaired) electrons. The molecule has 0 heterocycles. The number of methoxy groups -OCH3 is 1. The molecule has 5 heteroatoms. The van der Waals surface area contributed by atoms with E-state index in [1.54, 1.807) is 7.11 Å². The lowest BCUT2D eigenvalue weighted by molar-refractivity contribution is -0.149. The fourth-order valence-electron chi connectivity index (χ4n) is 1.94. The van der Waals surface area contributed by atoms with Gasteiger partial charge in [-0.25, -0.2) is 0 Å². The molecule has 2 rings (SSSR count). The van der Waals surface area contributed by atoms with E-state index in [9.17, 15) is 9.59 Å². The maximum Gasteiger partial charge on any atom is 0.319 e. The van der Waals surface area contributed by atoms with E-state index in [1.165, 1.54) is 0 Å². The molecule has 2 fully saturated rings. The fourth-order valence-corrected chi connectivity index (χ4v) is 1.94. The number of carboxylic acids is 1. The largest absolute Gasteiger partial charge is 0.480 e. The van der Waals surface area contributed by atoms with E-state index < -0.39 is 11.4 Å². The van der Waals surface area contributed by atoms with Crippen LogP contribution in [0.5, 0.6) is 0 Å². The number of carbonyl (C=O) groups excluding carboxylic acids is 1. The van der Waals surface area contributed by atoms with Gasteiger partial charge in [-0.15, -0.1) is 0 Å². The first-order valence-electron chi connectivity index (χ1n) is 5.63. The van der Waals surface area contributed by atoms with Gasteiger partial charge < -0.3 is 15.2 Å². The molecule has 1 amide bonds. The van der Waals surface area contributed by atoms with E-state index >= 15 is 0 Å². The number of hydrogen-bond acceptors (Lipinski definition) is 3. The van der Waals surface area contributed by atoms with Crippen molar-refractivity contribution in [2.24, 2.45) is 11.3 Å². The number of hydrogen-bond donors (Lipinski definition) is 2. The second-order valence-corrected chi connectivity index (χ2v) is 4.76. The summed E-state index contributed by atoms with van der Waals surface area (Å²) < 4.78 is 5.04. The molecule has 0 bridgehead atoms. The average Bonchev–Trinajstić information content (AvgIpc) is 3.09. The fraction of sp³-hybridized carbons (Fsp3) is 0.818. The van der Waals surface area contributed by atoms with Crippen LogP contribution in [0.3, 0.4) is 0 Å². The number of aliphatic carboxylic acids is 1. The van der Waals surface area contributed by atoms with Crippen LogP contribution in [0.25, 0.3) is 0 Å². The van der Waals surface area contributed by atoms with E-state index in [0.717, 1.165) is 12.8 Å². The van der Waals surface area contributed by atoms with Crippen molar-refractivity contribution in [1.82, 2.24) is 5.32 Å². The van der Waals surface area contributed by atoms with Crippen molar-refractivity contribution in [3.8, 4) is 0 Å². The molecule has 0 aliphatic heterocycles. The highest BCUT2D eigenvalue weighted by Gasteiger charge is 2.57. The lowest BCUT2D eigenvalue weighted by Gasteiger charge is -2.19. The molecule has 2 aliphatic carbocycles. The van der Waals surface area contributed by atoms with E-state index in [1.807, 2.05) is 0 Å². The number of carbonyl (C=O) groups is 2. The Hall–Kier alpha value is -1.10. The summed E-state index contributed by atoms with van der Waals surface area (Å²) in [5.74, 6) is -0.876. The first-order valence-corrected chi connectivity index (χ1v) is 5.63. The van der Waals surface area contributed by atoms with Crippen LogP contribution in [-0.2, 0) is 14.3 Å². The molecule has 0 spiro atoms. The standard InChI is InChI=1S/C11H17NO4/c1-16-6-8(7-2-3-7)12-9(13)11(4-5-11)10(14)15/h7-8H,2-6H2,1H3,(H,12,13)(H,14,15). The van der Waals surface area contributed by atoms with Crippen molar-refractivity contribution in [3.05, 3.63) is 0 Å². The second kappa shape index (κ2) is 4.05. The van der Waals surface area contributed by atoms with E-state index in [0.29, 0.717) is 25.4 Å². The summed E-state index contributed by atoms with van der Waals surface area (Å²) in [6.07, 6.45) is 3.10. The number of carboxylic acid groups (broad SMARTS) is 1. The second-order valence-electron chi connectivity index (χ2n) is 4.76. The SMILES string of the molecule is COCC(NC(=O)C1(C(=O)O)CC1)C1CC1. The zero-order valence-electron chi connectivity index (χ0n) is 9.36. The van der Waals surface area contributed by atoms with Crippen LogP contribution < -0.4 is 5.32 Å². The topological polar surface area (TPSA) is 75.6 Å². The summed E-state index contributed by atoms with van der Waals surface area (Å²) in [4.78, 5) is 22.8. The number of nitrogens with one attached hydrogen (secondary N) is 1. The molecular weight excluding hydrogens is 210 g/mol. The average molecular weight is 227 g/mol. The van der Waals surface area contributed by atoms with Gasteiger partial charge in [0.25, 0.3) is 0 Å². The number of rotatable bonds is 6. The van der Waals surface area contributed by atoms with Gasteiger partial charge in [0.15, 0.2) is 0 Å². The molecule has 2 aliphatic rings. The molecule has 16 heavy (non-hydrogen) atoms. The number of amides is 1. The van der Waals surface area contributed by atoms with Gasteiger partial charge in [0.05, 0.1) is 12.6 Å². The van der Waals surface area contributed by atoms with Crippen LogP contribution in [0, 0.1) is 11.3 Å². The smallest absolute Gasteiger partial charge is 0.319 e. The predicted octanol–water partition coefficient (Wildman–Crippen LogP) is 0.392. The third-order valence-corrected chi connectivity index (χ3v) is 3.45.